The van der Waals surface area contributed by atoms with E-state index in [0.29, 0.717) is 6.04 Å². The molecule has 0 saturated heterocycles. The monoisotopic (exact) mass is 240 g/mol. The average molecular weight is 240 g/mol. The van der Waals surface area contributed by atoms with E-state index in [9.17, 15) is 0 Å². The molecular formula is C15H32N2. The number of hydrogen-bond donors (Lipinski definition) is 1. The summed E-state index contributed by atoms with van der Waals surface area (Å²) in [6.07, 6.45) is 11.0. The van der Waals surface area contributed by atoms with Gasteiger partial charge < -0.3 is 5.32 Å². The van der Waals surface area contributed by atoms with Gasteiger partial charge in [0.1, 0.15) is 0 Å². The maximum absolute atomic E-state index is 3.56. The minimum absolute atomic E-state index is 0.694. The molecule has 0 radical (unpaired) electrons. The first-order valence-electron chi connectivity index (χ1n) is 7.59. The first-order chi connectivity index (χ1) is 8.20. The third-order valence-corrected chi connectivity index (χ3v) is 4.53. The largest absolute Gasteiger partial charge is 0.315 e. The highest BCUT2D eigenvalue weighted by Crippen LogP contribution is 2.23. The first-order valence-corrected chi connectivity index (χ1v) is 7.59. The molecule has 0 spiro atoms. The highest BCUT2D eigenvalue weighted by atomic mass is 15.2. The van der Waals surface area contributed by atoms with Crippen LogP contribution in [0.25, 0.3) is 0 Å². The van der Waals surface area contributed by atoms with Gasteiger partial charge in [-0.25, -0.2) is 0 Å². The zero-order chi connectivity index (χ0) is 12.7. The molecular weight excluding hydrogens is 208 g/mol. The highest BCUT2D eigenvalue weighted by molar-refractivity contribution is 4.86. The minimum atomic E-state index is 0.694. The van der Waals surface area contributed by atoms with Crippen molar-refractivity contribution in [3.8, 4) is 0 Å². The quantitative estimate of drug-likeness (QED) is 0.792. The van der Waals surface area contributed by atoms with Gasteiger partial charge in [0.2, 0.25) is 0 Å². The standard InChI is InChI=1S/C15H32N2/c1-5-10-13(2)17(4)15-12-9-7-6-8-11-14(15)16-3/h13-16H,5-12H2,1-4H3. The SMILES string of the molecule is CCCC(C)N(C)C1CCCCCCC1NC. The summed E-state index contributed by atoms with van der Waals surface area (Å²) in [5, 5.41) is 3.56. The van der Waals surface area contributed by atoms with E-state index in [1.165, 1.54) is 51.4 Å². The molecule has 0 aromatic heterocycles. The molecule has 1 fully saturated rings. The molecule has 0 bridgehead atoms. The van der Waals surface area contributed by atoms with Crippen molar-refractivity contribution in [2.24, 2.45) is 0 Å². The van der Waals surface area contributed by atoms with Crippen LogP contribution in [0.1, 0.15) is 65.2 Å². The van der Waals surface area contributed by atoms with Gasteiger partial charge in [-0.2, -0.15) is 0 Å². The Kier molecular flexibility index (Phi) is 7.14. The van der Waals surface area contributed by atoms with E-state index in [2.05, 4.69) is 38.2 Å². The molecule has 1 aliphatic carbocycles. The van der Waals surface area contributed by atoms with Crippen LogP contribution < -0.4 is 5.32 Å². The summed E-state index contributed by atoms with van der Waals surface area (Å²) in [6, 6.07) is 2.15. The summed E-state index contributed by atoms with van der Waals surface area (Å²) >= 11 is 0. The fraction of sp³-hybridized carbons (Fsp3) is 1.00. The lowest BCUT2D eigenvalue weighted by Crippen LogP contribution is -2.50. The van der Waals surface area contributed by atoms with Crippen LogP contribution in [0.4, 0.5) is 0 Å². The number of hydrogen-bond acceptors (Lipinski definition) is 2. The van der Waals surface area contributed by atoms with Gasteiger partial charge in [0.05, 0.1) is 0 Å². The van der Waals surface area contributed by atoms with Crippen molar-refractivity contribution in [1.82, 2.24) is 10.2 Å². The van der Waals surface area contributed by atoms with Crippen molar-refractivity contribution in [2.45, 2.75) is 83.3 Å². The van der Waals surface area contributed by atoms with Crippen LogP contribution in [-0.2, 0) is 0 Å². The molecule has 1 aliphatic rings. The summed E-state index contributed by atoms with van der Waals surface area (Å²) in [5.41, 5.74) is 0. The zero-order valence-electron chi connectivity index (χ0n) is 12.3. The third kappa shape index (κ3) is 4.59. The van der Waals surface area contributed by atoms with Gasteiger partial charge in [-0.15, -0.1) is 0 Å². The van der Waals surface area contributed by atoms with E-state index < -0.39 is 0 Å². The second-order valence-corrected chi connectivity index (χ2v) is 5.76. The van der Waals surface area contributed by atoms with E-state index >= 15 is 0 Å². The Morgan fingerprint density at radius 1 is 1.18 bits per heavy atom. The van der Waals surface area contributed by atoms with Crippen LogP contribution in [0.5, 0.6) is 0 Å². The Balaban J connectivity index is 2.60. The smallest absolute Gasteiger partial charge is 0.0248 e. The van der Waals surface area contributed by atoms with Crippen molar-refractivity contribution >= 4 is 0 Å². The maximum Gasteiger partial charge on any atom is 0.0248 e. The molecule has 0 amide bonds. The molecule has 2 heteroatoms. The first kappa shape index (κ1) is 15.0. The Morgan fingerprint density at radius 2 is 1.82 bits per heavy atom. The summed E-state index contributed by atoms with van der Waals surface area (Å²) in [7, 11) is 4.47. The summed E-state index contributed by atoms with van der Waals surface area (Å²) in [5.74, 6) is 0. The summed E-state index contributed by atoms with van der Waals surface area (Å²) < 4.78 is 0. The fourth-order valence-electron chi connectivity index (χ4n) is 3.24. The summed E-state index contributed by atoms with van der Waals surface area (Å²) in [6.45, 7) is 4.67. The van der Waals surface area contributed by atoms with Gasteiger partial charge in [-0.3, -0.25) is 4.90 Å². The topological polar surface area (TPSA) is 15.3 Å². The van der Waals surface area contributed by atoms with Gasteiger partial charge >= 0.3 is 0 Å². The lowest BCUT2D eigenvalue weighted by Gasteiger charge is -2.39. The number of likely N-dealkylation sites (N-methyl/N-ethyl adjacent to an activating group) is 2. The molecule has 0 heterocycles. The molecule has 0 aromatic rings. The van der Waals surface area contributed by atoms with Gasteiger partial charge in [0.15, 0.2) is 0 Å². The Morgan fingerprint density at radius 3 is 2.41 bits per heavy atom. The van der Waals surface area contributed by atoms with Crippen LogP contribution >= 0.6 is 0 Å². The van der Waals surface area contributed by atoms with Crippen LogP contribution in [0.15, 0.2) is 0 Å². The van der Waals surface area contributed by atoms with E-state index in [-0.39, 0.29) is 0 Å². The number of nitrogens with one attached hydrogen (secondary N) is 1. The van der Waals surface area contributed by atoms with Crippen LogP contribution in [0.3, 0.4) is 0 Å². The molecule has 1 N–H and O–H groups in total. The van der Waals surface area contributed by atoms with Gasteiger partial charge in [-0.1, -0.05) is 39.0 Å². The normalized spacial score (nSPS) is 28.8. The number of rotatable bonds is 5. The second kappa shape index (κ2) is 8.10. The third-order valence-electron chi connectivity index (χ3n) is 4.53. The molecule has 1 saturated carbocycles. The Bertz CT molecular complexity index is 193. The van der Waals surface area contributed by atoms with Crippen LogP contribution in [0, 0.1) is 0 Å². The molecule has 1 rings (SSSR count). The molecule has 17 heavy (non-hydrogen) atoms. The zero-order valence-corrected chi connectivity index (χ0v) is 12.3. The van der Waals surface area contributed by atoms with Crippen LogP contribution in [-0.4, -0.2) is 37.1 Å². The predicted octanol–water partition coefficient (Wildman–Crippen LogP) is 3.42. The van der Waals surface area contributed by atoms with Crippen molar-refractivity contribution < 1.29 is 0 Å². The average Bonchev–Trinajstić information content (AvgIpc) is 2.28. The van der Waals surface area contributed by atoms with E-state index in [1.807, 2.05) is 0 Å². The molecule has 0 aliphatic heterocycles. The highest BCUT2D eigenvalue weighted by Gasteiger charge is 2.27. The maximum atomic E-state index is 3.56. The lowest BCUT2D eigenvalue weighted by molar-refractivity contribution is 0.122. The van der Waals surface area contributed by atoms with Crippen molar-refractivity contribution in [3.05, 3.63) is 0 Å². The van der Waals surface area contributed by atoms with E-state index in [1.54, 1.807) is 0 Å². The van der Waals surface area contributed by atoms with E-state index in [0.717, 1.165) is 12.1 Å². The molecule has 2 nitrogen and oxygen atoms in total. The van der Waals surface area contributed by atoms with Gasteiger partial charge in [0, 0.05) is 18.1 Å². The molecule has 102 valence electrons. The van der Waals surface area contributed by atoms with Gasteiger partial charge in [0.25, 0.3) is 0 Å². The lowest BCUT2D eigenvalue weighted by atomic mass is 9.90. The van der Waals surface area contributed by atoms with Crippen molar-refractivity contribution in [1.29, 1.82) is 0 Å². The Labute approximate surface area is 108 Å². The summed E-state index contributed by atoms with van der Waals surface area (Å²) in [4.78, 5) is 2.63. The van der Waals surface area contributed by atoms with Crippen molar-refractivity contribution in [3.63, 3.8) is 0 Å². The minimum Gasteiger partial charge on any atom is -0.315 e. The molecule has 3 unspecified atom stereocenters. The Hall–Kier alpha value is -0.0800. The van der Waals surface area contributed by atoms with Crippen LogP contribution in [0.2, 0.25) is 0 Å². The molecule has 0 aromatic carbocycles. The van der Waals surface area contributed by atoms with E-state index in [4.69, 9.17) is 0 Å². The number of nitrogens with zero attached hydrogens (tertiary/aromatic N) is 1. The van der Waals surface area contributed by atoms with Gasteiger partial charge in [-0.05, 0) is 40.3 Å². The second-order valence-electron chi connectivity index (χ2n) is 5.76. The van der Waals surface area contributed by atoms with Crippen molar-refractivity contribution in [2.75, 3.05) is 14.1 Å². The fourth-order valence-corrected chi connectivity index (χ4v) is 3.24. The predicted molar refractivity (Wildman–Crippen MR) is 76.5 cm³/mol. The molecule has 3 atom stereocenters.